The maximum Gasteiger partial charge on any atom is 0.224 e. The molecule has 3 atom stereocenters. The van der Waals surface area contributed by atoms with Crippen molar-refractivity contribution in [3.63, 3.8) is 0 Å². The number of Topliss-reactive ketones (excluding diaryl/α,β-unsaturated/α-hetero) is 1. The molecule has 2 saturated heterocycles. The third-order valence-corrected chi connectivity index (χ3v) is 4.41. The summed E-state index contributed by atoms with van der Waals surface area (Å²) < 4.78 is 0. The molecule has 2 aliphatic rings. The number of rotatable bonds is 5. The first-order valence-corrected chi connectivity index (χ1v) is 7.63. The number of nitrogens with zero attached hydrogens (tertiary/aromatic N) is 1. The minimum absolute atomic E-state index is 0.0205. The van der Waals surface area contributed by atoms with E-state index in [1.165, 1.54) is 6.42 Å². The lowest BCUT2D eigenvalue weighted by Crippen LogP contribution is -2.44. The lowest BCUT2D eigenvalue weighted by atomic mass is 10.0. The number of carbonyl (C=O) groups is 4. The van der Waals surface area contributed by atoms with Crippen LogP contribution in [0.1, 0.15) is 39.0 Å². The van der Waals surface area contributed by atoms with Crippen molar-refractivity contribution in [1.29, 1.82) is 0 Å². The largest absolute Gasteiger partial charge is 0.369 e. The van der Waals surface area contributed by atoms with Gasteiger partial charge in [-0.1, -0.05) is 6.92 Å². The fraction of sp³-hybridized carbons (Fsp3) is 0.667. The third kappa shape index (κ3) is 3.84. The molecule has 3 amide bonds. The number of fused-ring (bicyclic) bond motifs is 1. The first-order chi connectivity index (χ1) is 10.4. The van der Waals surface area contributed by atoms with Gasteiger partial charge in [0.1, 0.15) is 0 Å². The molecule has 3 N–H and O–H groups in total. The summed E-state index contributed by atoms with van der Waals surface area (Å²) in [6.45, 7) is 1.72. The van der Waals surface area contributed by atoms with Crippen LogP contribution in [0.3, 0.4) is 0 Å². The Morgan fingerprint density at radius 1 is 1.36 bits per heavy atom. The Balaban J connectivity index is 1.85. The first-order valence-electron chi connectivity index (χ1n) is 7.63. The van der Waals surface area contributed by atoms with Crippen LogP contribution in [0.5, 0.6) is 0 Å². The fourth-order valence-corrected chi connectivity index (χ4v) is 2.89. The van der Waals surface area contributed by atoms with E-state index in [2.05, 4.69) is 5.32 Å². The minimum atomic E-state index is -0.564. The monoisotopic (exact) mass is 308 g/mol. The van der Waals surface area contributed by atoms with Crippen LogP contribution in [-0.4, -0.2) is 47.0 Å². The molecular formula is C15H22N3O4. The van der Waals surface area contributed by atoms with Gasteiger partial charge in [-0.2, -0.15) is 0 Å². The minimum Gasteiger partial charge on any atom is -0.369 e. The molecule has 22 heavy (non-hydrogen) atoms. The summed E-state index contributed by atoms with van der Waals surface area (Å²) in [4.78, 5) is 48.3. The Morgan fingerprint density at radius 3 is 2.77 bits per heavy atom. The van der Waals surface area contributed by atoms with Crippen molar-refractivity contribution in [2.75, 3.05) is 6.54 Å². The average molecular weight is 308 g/mol. The van der Waals surface area contributed by atoms with Crippen LogP contribution in [0.15, 0.2) is 0 Å². The number of hydrogen-bond acceptors (Lipinski definition) is 4. The van der Waals surface area contributed by atoms with Crippen molar-refractivity contribution in [2.24, 2.45) is 11.7 Å². The summed E-state index contributed by atoms with van der Waals surface area (Å²) in [6, 6.07) is -0.441. The maximum atomic E-state index is 12.2. The van der Waals surface area contributed by atoms with Crippen LogP contribution in [0.4, 0.5) is 0 Å². The van der Waals surface area contributed by atoms with Gasteiger partial charge in [0.15, 0.2) is 5.78 Å². The molecule has 2 fully saturated rings. The van der Waals surface area contributed by atoms with E-state index in [1.807, 2.05) is 0 Å². The van der Waals surface area contributed by atoms with E-state index in [-0.39, 0.29) is 36.6 Å². The predicted molar refractivity (Wildman–Crippen MR) is 78.2 cm³/mol. The van der Waals surface area contributed by atoms with Crippen molar-refractivity contribution in [2.45, 2.75) is 51.1 Å². The van der Waals surface area contributed by atoms with E-state index in [0.717, 1.165) is 12.8 Å². The highest BCUT2D eigenvalue weighted by Crippen LogP contribution is 2.26. The van der Waals surface area contributed by atoms with Gasteiger partial charge in [-0.15, -0.1) is 0 Å². The van der Waals surface area contributed by atoms with Crippen molar-refractivity contribution >= 4 is 23.5 Å². The van der Waals surface area contributed by atoms with Crippen LogP contribution in [-0.2, 0) is 19.2 Å². The zero-order valence-corrected chi connectivity index (χ0v) is 12.7. The van der Waals surface area contributed by atoms with Crippen LogP contribution in [0.25, 0.3) is 0 Å². The van der Waals surface area contributed by atoms with E-state index < -0.39 is 17.9 Å². The molecule has 2 aliphatic heterocycles. The number of carbonyl (C=O) groups excluding carboxylic acids is 4. The summed E-state index contributed by atoms with van der Waals surface area (Å²) in [5.74, 6) is -1.37. The lowest BCUT2D eigenvalue weighted by Gasteiger charge is -2.20. The van der Waals surface area contributed by atoms with Gasteiger partial charge in [0.05, 0.1) is 19.0 Å². The standard InChI is InChI=1S/C15H22N3O4/c1-9(15(16)22)2-6-13(20)17-11-5-3-10-4-7-14(21)18(10)8-12(11)19/h6,9-11H,2-5,7-8H2,1H3,(H2,16,22)(H,17,20)/t9-,10+,11-/m0/s1. The second-order valence-corrected chi connectivity index (χ2v) is 6.06. The Labute approximate surface area is 129 Å². The molecular weight excluding hydrogens is 286 g/mol. The molecule has 0 unspecified atom stereocenters. The van der Waals surface area contributed by atoms with Gasteiger partial charge < -0.3 is 16.0 Å². The van der Waals surface area contributed by atoms with Gasteiger partial charge in [-0.25, -0.2) is 0 Å². The molecule has 1 radical (unpaired) electrons. The predicted octanol–water partition coefficient (Wildman–Crippen LogP) is -0.459. The Morgan fingerprint density at radius 2 is 2.09 bits per heavy atom. The molecule has 121 valence electrons. The normalized spacial score (nSPS) is 26.3. The number of primary amides is 1. The lowest BCUT2D eigenvalue weighted by molar-refractivity contribution is -0.133. The zero-order chi connectivity index (χ0) is 16.3. The molecule has 0 aromatic carbocycles. The molecule has 0 aromatic rings. The summed E-state index contributed by atoms with van der Waals surface area (Å²) in [5, 5.41) is 2.67. The van der Waals surface area contributed by atoms with Gasteiger partial charge in [-0.05, 0) is 25.7 Å². The Hall–Kier alpha value is -1.92. The van der Waals surface area contributed by atoms with Crippen molar-refractivity contribution in [3.8, 4) is 0 Å². The van der Waals surface area contributed by atoms with E-state index in [4.69, 9.17) is 5.73 Å². The molecule has 0 spiro atoms. The van der Waals surface area contributed by atoms with Gasteiger partial charge in [0.25, 0.3) is 0 Å². The second kappa shape index (κ2) is 6.89. The molecule has 0 bridgehead atoms. The van der Waals surface area contributed by atoms with Crippen molar-refractivity contribution < 1.29 is 19.2 Å². The van der Waals surface area contributed by atoms with E-state index in [0.29, 0.717) is 12.8 Å². The van der Waals surface area contributed by atoms with Gasteiger partial charge in [-0.3, -0.25) is 19.2 Å². The number of nitrogens with two attached hydrogens (primary N) is 1. The second-order valence-electron chi connectivity index (χ2n) is 6.06. The van der Waals surface area contributed by atoms with Gasteiger partial charge >= 0.3 is 0 Å². The average Bonchev–Trinajstić information content (AvgIpc) is 2.72. The zero-order valence-electron chi connectivity index (χ0n) is 12.7. The highest BCUT2D eigenvalue weighted by molar-refractivity contribution is 5.95. The highest BCUT2D eigenvalue weighted by atomic mass is 16.2. The Bertz CT molecular complexity index is 491. The van der Waals surface area contributed by atoms with Crippen molar-refractivity contribution in [3.05, 3.63) is 6.42 Å². The third-order valence-electron chi connectivity index (χ3n) is 4.41. The van der Waals surface area contributed by atoms with Crippen LogP contribution in [0, 0.1) is 12.3 Å². The number of nitrogens with one attached hydrogen (secondary N) is 1. The molecule has 2 heterocycles. The topological polar surface area (TPSA) is 110 Å². The molecule has 0 saturated carbocycles. The summed E-state index contributed by atoms with van der Waals surface area (Å²) in [7, 11) is 0. The molecule has 0 aromatic heterocycles. The van der Waals surface area contributed by atoms with Crippen molar-refractivity contribution in [1.82, 2.24) is 10.2 Å². The maximum absolute atomic E-state index is 12.2. The van der Waals surface area contributed by atoms with Gasteiger partial charge in [0, 0.05) is 18.4 Å². The van der Waals surface area contributed by atoms with E-state index in [9.17, 15) is 19.2 Å². The van der Waals surface area contributed by atoms with Crippen LogP contribution >= 0.6 is 0 Å². The molecule has 7 nitrogen and oxygen atoms in total. The SMILES string of the molecule is C[C@@H](C[CH]C(=O)N[C@H]1CC[C@@H]2CCC(=O)N2CC1=O)C(N)=O. The number of ketones is 1. The molecule has 0 aliphatic carbocycles. The summed E-state index contributed by atoms with van der Waals surface area (Å²) in [6.07, 6.45) is 4.15. The quantitative estimate of drug-likeness (QED) is 0.716. The van der Waals surface area contributed by atoms with E-state index in [1.54, 1.807) is 11.8 Å². The molecule has 7 heteroatoms. The smallest absolute Gasteiger partial charge is 0.224 e. The van der Waals surface area contributed by atoms with E-state index >= 15 is 0 Å². The van der Waals surface area contributed by atoms with Crippen LogP contribution in [0.2, 0.25) is 0 Å². The highest BCUT2D eigenvalue weighted by Gasteiger charge is 2.37. The Kier molecular flexibility index (Phi) is 5.15. The summed E-state index contributed by atoms with van der Waals surface area (Å²) in [5.41, 5.74) is 5.13. The van der Waals surface area contributed by atoms with Crippen LogP contribution < -0.4 is 11.1 Å². The number of amides is 3. The first kappa shape index (κ1) is 16.5. The molecule has 2 rings (SSSR count). The summed E-state index contributed by atoms with van der Waals surface area (Å²) >= 11 is 0. The number of hydrogen-bond donors (Lipinski definition) is 2. The van der Waals surface area contributed by atoms with Gasteiger partial charge in [0.2, 0.25) is 17.7 Å². The fourth-order valence-electron chi connectivity index (χ4n) is 2.89.